The second-order valence-corrected chi connectivity index (χ2v) is 5.65. The monoisotopic (exact) mass is 275 g/mol. The maximum absolute atomic E-state index is 11.9. The van der Waals surface area contributed by atoms with Crippen LogP contribution in [-0.4, -0.2) is 22.3 Å². The Kier molecular flexibility index (Phi) is 3.40. The molecule has 2 aromatic rings. The van der Waals surface area contributed by atoms with Crippen LogP contribution in [0.3, 0.4) is 0 Å². The molecule has 1 saturated heterocycles. The van der Waals surface area contributed by atoms with Gasteiger partial charge in [0.25, 0.3) is 0 Å². The largest absolute Gasteiger partial charge is 0.381 e. The van der Waals surface area contributed by atoms with Gasteiger partial charge in [-0.05, 0) is 30.5 Å². The molecule has 2 unspecified atom stereocenters. The number of fused-ring (bicyclic) bond motifs is 1. The van der Waals surface area contributed by atoms with Crippen LogP contribution in [0, 0.1) is 5.92 Å². The highest BCUT2D eigenvalue weighted by molar-refractivity contribution is 5.77. The van der Waals surface area contributed by atoms with Crippen molar-refractivity contribution in [3.05, 3.63) is 34.2 Å². The number of nitrogens with two attached hydrogens (primary N) is 1. The van der Waals surface area contributed by atoms with E-state index in [1.165, 1.54) is 0 Å². The van der Waals surface area contributed by atoms with E-state index in [4.69, 9.17) is 10.5 Å². The zero-order valence-electron chi connectivity index (χ0n) is 12.0. The summed E-state index contributed by atoms with van der Waals surface area (Å²) in [6.45, 7) is 1.57. The van der Waals surface area contributed by atoms with E-state index in [2.05, 4.69) is 0 Å². The second-order valence-electron chi connectivity index (χ2n) is 5.65. The van der Waals surface area contributed by atoms with E-state index in [1.54, 1.807) is 23.2 Å². The maximum atomic E-state index is 11.9. The molecule has 0 amide bonds. The standard InChI is InChI=1S/C15H21N3O2/c1-17-12-6-5-10(8-13(12)18(2)15(17)19)14(16)11-4-3-7-20-9-11/h5-6,8,11,14H,3-4,7,9,16H2,1-2H3. The van der Waals surface area contributed by atoms with Crippen LogP contribution >= 0.6 is 0 Å². The molecule has 0 spiro atoms. The SMILES string of the molecule is Cn1c(=O)n(C)c2cc(C(N)C3CCCOC3)ccc21. The Bertz CT molecular complexity index is 680. The van der Waals surface area contributed by atoms with Crippen LogP contribution in [0.15, 0.2) is 23.0 Å². The Morgan fingerprint density at radius 3 is 2.75 bits per heavy atom. The van der Waals surface area contributed by atoms with Gasteiger partial charge in [-0.3, -0.25) is 9.13 Å². The minimum Gasteiger partial charge on any atom is -0.381 e. The molecule has 2 N–H and O–H groups in total. The first-order valence-electron chi connectivity index (χ1n) is 7.08. The summed E-state index contributed by atoms with van der Waals surface area (Å²) in [5.41, 5.74) is 9.32. The molecule has 0 saturated carbocycles. The molecule has 3 rings (SSSR count). The lowest BCUT2D eigenvalue weighted by Crippen LogP contribution is -2.29. The fourth-order valence-electron chi connectivity index (χ4n) is 3.05. The van der Waals surface area contributed by atoms with E-state index in [0.717, 1.165) is 42.7 Å². The summed E-state index contributed by atoms with van der Waals surface area (Å²) in [6.07, 6.45) is 2.18. The van der Waals surface area contributed by atoms with Crippen LogP contribution in [0.25, 0.3) is 11.0 Å². The maximum Gasteiger partial charge on any atom is 0.328 e. The quantitative estimate of drug-likeness (QED) is 0.898. The normalized spacial score (nSPS) is 21.2. The smallest absolute Gasteiger partial charge is 0.328 e. The van der Waals surface area contributed by atoms with Crippen LogP contribution in [-0.2, 0) is 18.8 Å². The Hall–Kier alpha value is -1.59. The summed E-state index contributed by atoms with van der Waals surface area (Å²) in [5, 5.41) is 0. The third-order valence-electron chi connectivity index (χ3n) is 4.38. The van der Waals surface area contributed by atoms with E-state index < -0.39 is 0 Å². The van der Waals surface area contributed by atoms with Crippen LogP contribution < -0.4 is 11.4 Å². The molecule has 108 valence electrons. The molecule has 1 fully saturated rings. The van der Waals surface area contributed by atoms with Crippen LogP contribution in [0.5, 0.6) is 0 Å². The lowest BCUT2D eigenvalue weighted by molar-refractivity contribution is 0.0448. The van der Waals surface area contributed by atoms with Crippen LogP contribution in [0.4, 0.5) is 0 Å². The predicted octanol–water partition coefficient (Wildman–Crippen LogP) is 1.30. The summed E-state index contributed by atoms with van der Waals surface area (Å²) in [6, 6.07) is 6.02. The van der Waals surface area contributed by atoms with Gasteiger partial charge in [-0.25, -0.2) is 4.79 Å². The first-order chi connectivity index (χ1) is 9.59. The summed E-state index contributed by atoms with van der Waals surface area (Å²) in [7, 11) is 3.59. The number of imidazole rings is 1. The van der Waals surface area contributed by atoms with Crippen molar-refractivity contribution in [1.82, 2.24) is 9.13 Å². The number of aryl methyl sites for hydroxylation is 2. The fourth-order valence-corrected chi connectivity index (χ4v) is 3.05. The summed E-state index contributed by atoms with van der Waals surface area (Å²) in [4.78, 5) is 11.9. The molecule has 2 heterocycles. The highest BCUT2D eigenvalue weighted by Crippen LogP contribution is 2.28. The van der Waals surface area contributed by atoms with Gasteiger partial charge < -0.3 is 10.5 Å². The van der Waals surface area contributed by atoms with Crippen molar-refractivity contribution in [2.75, 3.05) is 13.2 Å². The molecule has 0 bridgehead atoms. The summed E-state index contributed by atoms with van der Waals surface area (Å²) < 4.78 is 8.85. The van der Waals surface area contributed by atoms with Gasteiger partial charge >= 0.3 is 5.69 Å². The molecule has 0 aliphatic carbocycles. The van der Waals surface area contributed by atoms with E-state index in [9.17, 15) is 4.79 Å². The van der Waals surface area contributed by atoms with Crippen molar-refractivity contribution < 1.29 is 4.74 Å². The van der Waals surface area contributed by atoms with Crippen molar-refractivity contribution in [3.8, 4) is 0 Å². The molecule has 5 heteroatoms. The van der Waals surface area contributed by atoms with Gasteiger partial charge in [-0.1, -0.05) is 6.07 Å². The Balaban J connectivity index is 2.00. The third kappa shape index (κ3) is 2.07. The third-order valence-corrected chi connectivity index (χ3v) is 4.38. The zero-order chi connectivity index (χ0) is 14.3. The molecular weight excluding hydrogens is 254 g/mol. The van der Waals surface area contributed by atoms with E-state index in [-0.39, 0.29) is 11.7 Å². The first-order valence-corrected chi connectivity index (χ1v) is 7.08. The van der Waals surface area contributed by atoms with Crippen molar-refractivity contribution in [2.24, 2.45) is 25.7 Å². The molecule has 1 aromatic carbocycles. The highest BCUT2D eigenvalue weighted by atomic mass is 16.5. The Morgan fingerprint density at radius 2 is 2.05 bits per heavy atom. The zero-order valence-corrected chi connectivity index (χ0v) is 12.0. The minimum absolute atomic E-state index is 0.00767. The lowest BCUT2D eigenvalue weighted by atomic mass is 9.89. The predicted molar refractivity (Wildman–Crippen MR) is 78.6 cm³/mol. The van der Waals surface area contributed by atoms with Gasteiger partial charge in [-0.2, -0.15) is 0 Å². The minimum atomic E-state index is -0.0324. The van der Waals surface area contributed by atoms with Crippen molar-refractivity contribution in [3.63, 3.8) is 0 Å². The van der Waals surface area contributed by atoms with Crippen molar-refractivity contribution in [1.29, 1.82) is 0 Å². The highest BCUT2D eigenvalue weighted by Gasteiger charge is 2.23. The Labute approximate surface area is 117 Å². The van der Waals surface area contributed by atoms with Gasteiger partial charge in [0.05, 0.1) is 17.6 Å². The molecule has 1 aliphatic heterocycles. The van der Waals surface area contributed by atoms with Crippen LogP contribution in [0.1, 0.15) is 24.4 Å². The average Bonchev–Trinajstić information content (AvgIpc) is 2.72. The van der Waals surface area contributed by atoms with E-state index in [0.29, 0.717) is 5.92 Å². The van der Waals surface area contributed by atoms with E-state index in [1.807, 2.05) is 18.2 Å². The molecule has 5 nitrogen and oxygen atoms in total. The fraction of sp³-hybridized carbons (Fsp3) is 0.533. The van der Waals surface area contributed by atoms with Gasteiger partial charge in [0.15, 0.2) is 0 Å². The van der Waals surface area contributed by atoms with Gasteiger partial charge in [0, 0.05) is 32.7 Å². The second kappa shape index (κ2) is 5.07. The molecular formula is C15H21N3O2. The molecule has 1 aliphatic rings. The molecule has 1 aromatic heterocycles. The van der Waals surface area contributed by atoms with Gasteiger partial charge in [0.1, 0.15) is 0 Å². The number of nitrogens with zero attached hydrogens (tertiary/aromatic N) is 2. The molecule has 2 atom stereocenters. The summed E-state index contributed by atoms with van der Waals surface area (Å²) >= 11 is 0. The molecule has 0 radical (unpaired) electrons. The topological polar surface area (TPSA) is 62.2 Å². The first kappa shape index (κ1) is 13.4. The van der Waals surface area contributed by atoms with Gasteiger partial charge in [-0.15, -0.1) is 0 Å². The lowest BCUT2D eigenvalue weighted by Gasteiger charge is -2.27. The Morgan fingerprint density at radius 1 is 1.30 bits per heavy atom. The van der Waals surface area contributed by atoms with Crippen molar-refractivity contribution in [2.45, 2.75) is 18.9 Å². The molecule has 20 heavy (non-hydrogen) atoms. The number of ether oxygens (including phenoxy) is 1. The van der Waals surface area contributed by atoms with Gasteiger partial charge in [0.2, 0.25) is 0 Å². The van der Waals surface area contributed by atoms with Crippen molar-refractivity contribution >= 4 is 11.0 Å². The number of hydrogen-bond donors (Lipinski definition) is 1. The average molecular weight is 275 g/mol. The summed E-state index contributed by atoms with van der Waals surface area (Å²) in [5.74, 6) is 0.363. The number of hydrogen-bond acceptors (Lipinski definition) is 3. The van der Waals surface area contributed by atoms with Crippen LogP contribution in [0.2, 0.25) is 0 Å². The van der Waals surface area contributed by atoms with E-state index >= 15 is 0 Å². The number of rotatable bonds is 2. The number of benzene rings is 1. The number of aromatic nitrogens is 2.